The van der Waals surface area contributed by atoms with Gasteiger partial charge in [-0.05, 0) is 19.4 Å². The predicted molar refractivity (Wildman–Crippen MR) is 108 cm³/mol. The van der Waals surface area contributed by atoms with Gasteiger partial charge < -0.3 is 20.4 Å². The second-order valence-corrected chi connectivity index (χ2v) is 8.28. The van der Waals surface area contributed by atoms with E-state index < -0.39 is 0 Å². The number of likely N-dealkylation sites (tertiary alicyclic amines) is 1. The van der Waals surface area contributed by atoms with Gasteiger partial charge in [-0.1, -0.05) is 0 Å². The smallest absolute Gasteiger partial charge is 0.229 e. The zero-order valence-electron chi connectivity index (χ0n) is 16.7. The molecule has 2 aromatic heterocycles. The van der Waals surface area contributed by atoms with Crippen LogP contribution in [0.4, 0.5) is 5.82 Å². The van der Waals surface area contributed by atoms with Gasteiger partial charge in [0.25, 0.3) is 0 Å². The molecule has 0 bridgehead atoms. The topological polar surface area (TPSA) is 94.9 Å². The normalized spacial score (nSPS) is 22.3. The summed E-state index contributed by atoms with van der Waals surface area (Å²) in [5.74, 6) is 1.27. The number of amides is 2. The second kappa shape index (κ2) is 7.29. The van der Waals surface area contributed by atoms with Gasteiger partial charge in [-0.25, -0.2) is 4.98 Å². The molecular formula is C20H27N7O2. The average Bonchev–Trinajstić information content (AvgIpc) is 3.23. The third kappa shape index (κ3) is 3.33. The largest absolute Gasteiger partial charge is 0.354 e. The number of carbonyl (C=O) groups is 2. The highest BCUT2D eigenvalue weighted by Gasteiger charge is 2.40. The average molecular weight is 397 g/mol. The number of hydrogen-bond donors (Lipinski definition) is 2. The van der Waals surface area contributed by atoms with E-state index >= 15 is 0 Å². The lowest BCUT2D eigenvalue weighted by atomic mass is 9.97. The highest BCUT2D eigenvalue weighted by Crippen LogP contribution is 2.32. The molecule has 1 unspecified atom stereocenters. The van der Waals surface area contributed by atoms with Crippen molar-refractivity contribution in [2.24, 2.45) is 5.92 Å². The van der Waals surface area contributed by atoms with Crippen molar-refractivity contribution in [3.8, 4) is 0 Å². The fourth-order valence-electron chi connectivity index (χ4n) is 4.77. The number of fused-ring (bicyclic) bond motifs is 2. The molecule has 2 N–H and O–H groups in total. The number of nitrogens with one attached hydrogen (secondary N) is 2. The molecule has 2 fully saturated rings. The monoisotopic (exact) mass is 397 g/mol. The summed E-state index contributed by atoms with van der Waals surface area (Å²) in [6.07, 6.45) is 4.46. The maximum atomic E-state index is 12.9. The van der Waals surface area contributed by atoms with Crippen LogP contribution in [0.1, 0.15) is 24.6 Å². The van der Waals surface area contributed by atoms with Crippen molar-refractivity contribution < 1.29 is 9.59 Å². The van der Waals surface area contributed by atoms with Crippen LogP contribution in [0.25, 0.3) is 5.65 Å². The maximum absolute atomic E-state index is 12.9. The Kier molecular flexibility index (Phi) is 4.61. The highest BCUT2D eigenvalue weighted by atomic mass is 16.2. The van der Waals surface area contributed by atoms with Crippen LogP contribution in [0, 0.1) is 5.92 Å². The summed E-state index contributed by atoms with van der Waals surface area (Å²) in [7, 11) is 0. The first kappa shape index (κ1) is 18.4. The van der Waals surface area contributed by atoms with Gasteiger partial charge in [0.2, 0.25) is 11.8 Å². The Morgan fingerprint density at radius 2 is 2.03 bits per heavy atom. The fourth-order valence-corrected chi connectivity index (χ4v) is 4.77. The lowest BCUT2D eigenvalue weighted by Crippen LogP contribution is -2.55. The van der Waals surface area contributed by atoms with Crippen LogP contribution in [0.15, 0.2) is 12.3 Å². The van der Waals surface area contributed by atoms with Crippen molar-refractivity contribution in [2.45, 2.75) is 32.2 Å². The van der Waals surface area contributed by atoms with E-state index in [1.54, 1.807) is 6.20 Å². The summed E-state index contributed by atoms with van der Waals surface area (Å²) in [6, 6.07) is 2.02. The standard InChI is InChI=1S/C20H27N7O2/c1-13(28)23-15-5-9-25(12-15)20(29)14-10-26(11-14)19-16-2-6-21-7-3-17(16)24-18-4-8-22-27(18)19/h4,8,14-15,21H,2-3,5-7,9-12H2,1H3,(H,23,28). The summed E-state index contributed by atoms with van der Waals surface area (Å²) in [6.45, 7) is 6.16. The molecule has 0 aromatic carbocycles. The van der Waals surface area contributed by atoms with Crippen LogP contribution in [0.5, 0.6) is 0 Å². The number of hydrogen-bond acceptors (Lipinski definition) is 6. The molecule has 1 atom stereocenters. The lowest BCUT2D eigenvalue weighted by Gasteiger charge is -2.42. The SMILES string of the molecule is CC(=O)NC1CCN(C(=O)C2CN(c3c4c(nc5ccnn35)CCNCC4)C2)C1. The number of rotatable bonds is 3. The first-order valence-electron chi connectivity index (χ1n) is 10.5. The summed E-state index contributed by atoms with van der Waals surface area (Å²) >= 11 is 0. The molecule has 9 nitrogen and oxygen atoms in total. The van der Waals surface area contributed by atoms with Gasteiger partial charge >= 0.3 is 0 Å². The van der Waals surface area contributed by atoms with Gasteiger partial charge in [-0.2, -0.15) is 9.61 Å². The molecule has 2 amide bonds. The first-order chi connectivity index (χ1) is 14.1. The van der Waals surface area contributed by atoms with Crippen LogP contribution in [-0.2, 0) is 22.4 Å². The van der Waals surface area contributed by atoms with Gasteiger partial charge in [-0.15, -0.1) is 0 Å². The summed E-state index contributed by atoms with van der Waals surface area (Å²) in [5.41, 5.74) is 3.27. The van der Waals surface area contributed by atoms with E-state index in [-0.39, 0.29) is 23.8 Å². The molecule has 3 aliphatic heterocycles. The number of nitrogens with zero attached hydrogens (tertiary/aromatic N) is 5. The molecule has 9 heteroatoms. The molecule has 2 aromatic rings. The van der Waals surface area contributed by atoms with E-state index in [1.807, 2.05) is 15.5 Å². The third-order valence-corrected chi connectivity index (χ3v) is 6.22. The van der Waals surface area contributed by atoms with Gasteiger partial charge in [0.15, 0.2) is 5.65 Å². The Morgan fingerprint density at radius 1 is 1.21 bits per heavy atom. The van der Waals surface area contributed by atoms with Crippen molar-refractivity contribution in [1.29, 1.82) is 0 Å². The van der Waals surface area contributed by atoms with Crippen molar-refractivity contribution >= 4 is 23.3 Å². The minimum atomic E-state index is -0.0322. The van der Waals surface area contributed by atoms with E-state index in [2.05, 4.69) is 20.6 Å². The lowest BCUT2D eigenvalue weighted by molar-refractivity contribution is -0.135. The minimum Gasteiger partial charge on any atom is -0.354 e. The van der Waals surface area contributed by atoms with Crippen LogP contribution in [0.2, 0.25) is 0 Å². The fraction of sp³-hybridized carbons (Fsp3) is 0.600. The predicted octanol–water partition coefficient (Wildman–Crippen LogP) is -0.409. The minimum absolute atomic E-state index is 0.00408. The van der Waals surface area contributed by atoms with E-state index in [1.165, 1.54) is 12.5 Å². The van der Waals surface area contributed by atoms with Crippen molar-refractivity contribution in [3.63, 3.8) is 0 Å². The van der Waals surface area contributed by atoms with Crippen LogP contribution in [-0.4, -0.2) is 76.6 Å². The third-order valence-electron chi connectivity index (χ3n) is 6.22. The zero-order valence-corrected chi connectivity index (χ0v) is 16.7. The molecule has 0 saturated carbocycles. The highest BCUT2D eigenvalue weighted by molar-refractivity contribution is 5.83. The molecule has 0 aliphatic carbocycles. The van der Waals surface area contributed by atoms with Crippen LogP contribution >= 0.6 is 0 Å². The van der Waals surface area contributed by atoms with Gasteiger partial charge in [0.1, 0.15) is 5.82 Å². The van der Waals surface area contributed by atoms with Crippen molar-refractivity contribution in [3.05, 3.63) is 23.5 Å². The van der Waals surface area contributed by atoms with Crippen LogP contribution < -0.4 is 15.5 Å². The molecule has 154 valence electrons. The maximum Gasteiger partial charge on any atom is 0.229 e. The first-order valence-corrected chi connectivity index (χ1v) is 10.5. The second-order valence-electron chi connectivity index (χ2n) is 8.28. The molecule has 0 spiro atoms. The molecule has 3 aliphatic rings. The van der Waals surface area contributed by atoms with Crippen molar-refractivity contribution in [1.82, 2.24) is 30.1 Å². The Balaban J connectivity index is 1.32. The molecule has 29 heavy (non-hydrogen) atoms. The Labute approximate surface area is 169 Å². The number of aromatic nitrogens is 3. The summed E-state index contributed by atoms with van der Waals surface area (Å²) in [4.78, 5) is 33.2. The molecule has 2 saturated heterocycles. The van der Waals surface area contributed by atoms with E-state index in [0.717, 1.165) is 56.1 Å². The quantitative estimate of drug-likeness (QED) is 0.731. The molecule has 5 heterocycles. The number of carbonyl (C=O) groups excluding carboxylic acids is 2. The zero-order chi connectivity index (χ0) is 20.0. The van der Waals surface area contributed by atoms with E-state index in [4.69, 9.17) is 4.98 Å². The van der Waals surface area contributed by atoms with E-state index in [9.17, 15) is 9.59 Å². The van der Waals surface area contributed by atoms with Gasteiger partial charge in [0, 0.05) is 63.7 Å². The molecular weight excluding hydrogens is 370 g/mol. The Morgan fingerprint density at radius 3 is 2.86 bits per heavy atom. The molecule has 5 rings (SSSR count). The Bertz CT molecular complexity index is 950. The molecule has 0 radical (unpaired) electrons. The van der Waals surface area contributed by atoms with Crippen LogP contribution in [0.3, 0.4) is 0 Å². The summed E-state index contributed by atoms with van der Waals surface area (Å²) < 4.78 is 1.92. The van der Waals surface area contributed by atoms with Crippen molar-refractivity contribution in [2.75, 3.05) is 44.2 Å². The number of anilines is 1. The Hall–Kier alpha value is -2.68. The van der Waals surface area contributed by atoms with Gasteiger partial charge in [0.05, 0.1) is 17.8 Å². The van der Waals surface area contributed by atoms with Gasteiger partial charge in [-0.3, -0.25) is 9.59 Å². The van der Waals surface area contributed by atoms with E-state index in [0.29, 0.717) is 19.6 Å². The summed E-state index contributed by atoms with van der Waals surface area (Å²) in [5, 5.41) is 10.9.